The Morgan fingerprint density at radius 1 is 1.03 bits per heavy atom. The molecule has 11 heteroatoms. The number of aryl methyl sites for hydroxylation is 1. The molecule has 0 aliphatic carbocycles. The fraction of sp³-hybridized carbons (Fsp3) is 0.350. The molecule has 0 bridgehead atoms. The first kappa shape index (κ1) is 22.1. The molecule has 0 saturated carbocycles. The van der Waals surface area contributed by atoms with Gasteiger partial charge in [0.2, 0.25) is 5.91 Å². The highest BCUT2D eigenvalue weighted by Crippen LogP contribution is 2.29. The van der Waals surface area contributed by atoms with Crippen molar-refractivity contribution in [2.24, 2.45) is 5.10 Å². The van der Waals surface area contributed by atoms with Gasteiger partial charge in [-0.1, -0.05) is 17.7 Å². The van der Waals surface area contributed by atoms with Crippen LogP contribution in [0.25, 0.3) is 0 Å². The van der Waals surface area contributed by atoms with Crippen molar-refractivity contribution < 1.29 is 18.0 Å². The van der Waals surface area contributed by atoms with Gasteiger partial charge < -0.3 is 4.90 Å². The normalized spacial score (nSPS) is 18.3. The lowest BCUT2D eigenvalue weighted by atomic mass is 10.1. The maximum absolute atomic E-state index is 13.0. The van der Waals surface area contributed by atoms with Gasteiger partial charge in [-0.25, -0.2) is 13.4 Å². The van der Waals surface area contributed by atoms with E-state index in [1.54, 1.807) is 29.2 Å². The molecule has 0 spiro atoms. The van der Waals surface area contributed by atoms with E-state index in [1.807, 2.05) is 19.1 Å². The van der Waals surface area contributed by atoms with Gasteiger partial charge in [0.25, 0.3) is 15.9 Å². The number of halogens is 1. The largest absolute Gasteiger partial charge is 0.335 e. The number of hydrogen-bond acceptors (Lipinski definition) is 6. The summed E-state index contributed by atoms with van der Waals surface area (Å²) in [5, 5.41) is 5.61. The number of benzene rings is 1. The fourth-order valence-corrected chi connectivity index (χ4v) is 7.06. The van der Waals surface area contributed by atoms with E-state index in [4.69, 9.17) is 0 Å². The molecule has 2 aromatic rings. The van der Waals surface area contributed by atoms with Crippen molar-refractivity contribution in [2.75, 3.05) is 31.2 Å². The Hall–Kier alpha value is -2.08. The Kier molecular flexibility index (Phi) is 6.29. The van der Waals surface area contributed by atoms with Crippen molar-refractivity contribution in [1.82, 2.24) is 9.21 Å². The first-order chi connectivity index (χ1) is 14.8. The van der Waals surface area contributed by atoms with Crippen LogP contribution in [-0.2, 0) is 19.6 Å². The zero-order chi connectivity index (χ0) is 22.2. The summed E-state index contributed by atoms with van der Waals surface area (Å²) in [6.45, 7) is 2.95. The molecule has 1 aromatic carbocycles. The third-order valence-corrected chi connectivity index (χ3v) is 9.22. The second-order valence-electron chi connectivity index (χ2n) is 7.34. The number of thiophene rings is 1. The number of hydrogen-bond donors (Lipinski definition) is 0. The summed E-state index contributed by atoms with van der Waals surface area (Å²) in [6, 6.07) is 10.7. The van der Waals surface area contributed by atoms with Gasteiger partial charge in [-0.05, 0) is 47.1 Å². The lowest BCUT2D eigenvalue weighted by Gasteiger charge is -2.34. The predicted molar refractivity (Wildman–Crippen MR) is 123 cm³/mol. The van der Waals surface area contributed by atoms with E-state index < -0.39 is 10.0 Å². The molecule has 31 heavy (non-hydrogen) atoms. The highest BCUT2D eigenvalue weighted by atomic mass is 79.9. The molecule has 0 unspecified atom stereocenters. The van der Waals surface area contributed by atoms with E-state index in [2.05, 4.69) is 21.0 Å². The number of carbonyl (C=O) groups is 2. The topological polar surface area (TPSA) is 90.4 Å². The Balaban J connectivity index is 1.45. The second-order valence-corrected chi connectivity index (χ2v) is 12.0. The Morgan fingerprint density at radius 2 is 1.71 bits per heavy atom. The first-order valence-corrected chi connectivity index (χ1v) is 12.8. The minimum Gasteiger partial charge on any atom is -0.335 e. The molecule has 0 N–H and O–H groups in total. The molecule has 1 fully saturated rings. The van der Waals surface area contributed by atoms with Crippen LogP contribution >= 0.6 is 27.3 Å². The summed E-state index contributed by atoms with van der Waals surface area (Å²) in [6.07, 6.45) is 0.488. The highest BCUT2D eigenvalue weighted by molar-refractivity contribution is 9.11. The Labute approximate surface area is 193 Å². The van der Waals surface area contributed by atoms with Crippen molar-refractivity contribution in [2.45, 2.75) is 24.0 Å². The van der Waals surface area contributed by atoms with Crippen LogP contribution in [0.4, 0.5) is 5.69 Å². The molecule has 1 saturated heterocycles. The zero-order valence-corrected chi connectivity index (χ0v) is 20.0. The van der Waals surface area contributed by atoms with Gasteiger partial charge in [0, 0.05) is 39.0 Å². The first-order valence-electron chi connectivity index (χ1n) is 9.77. The third-order valence-electron chi connectivity index (χ3n) is 5.23. The summed E-state index contributed by atoms with van der Waals surface area (Å²) in [5.41, 5.74) is 2.01. The molecule has 164 valence electrons. The maximum Gasteiger partial charge on any atom is 0.270 e. The molecule has 0 atom stereocenters. The number of sulfonamides is 1. The van der Waals surface area contributed by atoms with Gasteiger partial charge in [0.05, 0.1) is 9.47 Å². The van der Waals surface area contributed by atoms with Crippen molar-refractivity contribution in [1.29, 1.82) is 0 Å². The van der Waals surface area contributed by atoms with Crippen molar-refractivity contribution >= 4 is 60.5 Å². The zero-order valence-electron chi connectivity index (χ0n) is 16.8. The minimum absolute atomic E-state index is 0.154. The van der Waals surface area contributed by atoms with Gasteiger partial charge in [0.1, 0.15) is 9.92 Å². The van der Waals surface area contributed by atoms with Crippen molar-refractivity contribution in [3.8, 4) is 0 Å². The smallest absolute Gasteiger partial charge is 0.270 e. The van der Waals surface area contributed by atoms with E-state index in [1.165, 1.54) is 20.7 Å². The van der Waals surface area contributed by atoms with Gasteiger partial charge in [-0.15, -0.1) is 11.3 Å². The molecular weight excluding hydrogens is 504 g/mol. The number of rotatable bonds is 4. The molecular formula is C20H21BrN4O4S2. The molecule has 0 radical (unpaired) electrons. The van der Waals surface area contributed by atoms with Crippen LogP contribution < -0.4 is 5.01 Å². The number of piperazine rings is 1. The van der Waals surface area contributed by atoms with Gasteiger partial charge in [0.15, 0.2) is 0 Å². The van der Waals surface area contributed by atoms with E-state index in [0.717, 1.165) is 9.35 Å². The lowest BCUT2D eigenvalue weighted by Crippen LogP contribution is -2.52. The quantitative estimate of drug-likeness (QED) is 0.614. The summed E-state index contributed by atoms with van der Waals surface area (Å²) < 4.78 is 28.0. The average Bonchev–Trinajstić information content (AvgIpc) is 3.22. The summed E-state index contributed by atoms with van der Waals surface area (Å²) in [5.74, 6) is -0.404. The van der Waals surface area contributed by atoms with Crippen LogP contribution in [0, 0.1) is 6.92 Å². The number of carbonyl (C=O) groups excluding carboxylic acids is 2. The number of anilines is 1. The monoisotopic (exact) mass is 524 g/mol. The minimum atomic E-state index is -3.57. The molecule has 4 rings (SSSR count). The van der Waals surface area contributed by atoms with Crippen molar-refractivity contribution in [3.05, 3.63) is 45.7 Å². The molecule has 2 amide bonds. The molecule has 3 heterocycles. The second kappa shape index (κ2) is 8.81. The van der Waals surface area contributed by atoms with Crippen molar-refractivity contribution in [3.63, 3.8) is 0 Å². The van der Waals surface area contributed by atoms with E-state index in [0.29, 0.717) is 11.4 Å². The van der Waals surface area contributed by atoms with E-state index in [-0.39, 0.29) is 55.0 Å². The van der Waals surface area contributed by atoms with Crippen LogP contribution in [0.2, 0.25) is 0 Å². The predicted octanol–water partition coefficient (Wildman–Crippen LogP) is 2.83. The van der Waals surface area contributed by atoms with Gasteiger partial charge >= 0.3 is 0 Å². The third kappa shape index (κ3) is 4.59. The van der Waals surface area contributed by atoms with Gasteiger partial charge in [-0.2, -0.15) is 9.41 Å². The van der Waals surface area contributed by atoms with Crippen LogP contribution in [0.3, 0.4) is 0 Å². The summed E-state index contributed by atoms with van der Waals surface area (Å²) in [4.78, 5) is 26.9. The lowest BCUT2D eigenvalue weighted by molar-refractivity contribution is -0.125. The SMILES string of the molecule is Cc1ccc(N2N=C(C(=O)N3CCN(S(=O)(=O)c4ccc(Br)s4)CC3)CCC2=O)cc1. The molecule has 2 aliphatic rings. The highest BCUT2D eigenvalue weighted by Gasteiger charge is 2.34. The number of amides is 2. The Morgan fingerprint density at radius 3 is 2.32 bits per heavy atom. The number of nitrogens with zero attached hydrogens (tertiary/aromatic N) is 4. The van der Waals surface area contributed by atoms with E-state index in [9.17, 15) is 18.0 Å². The van der Waals surface area contributed by atoms with Crippen LogP contribution in [0.1, 0.15) is 18.4 Å². The fourth-order valence-electron chi connectivity index (χ4n) is 3.47. The van der Waals surface area contributed by atoms with Gasteiger partial charge in [-0.3, -0.25) is 9.59 Å². The Bertz CT molecular complexity index is 1140. The summed E-state index contributed by atoms with van der Waals surface area (Å²) in [7, 11) is -3.57. The average molecular weight is 525 g/mol. The maximum atomic E-state index is 13.0. The number of hydrazone groups is 1. The molecule has 2 aliphatic heterocycles. The van der Waals surface area contributed by atoms with Crippen LogP contribution in [0.15, 0.2) is 49.5 Å². The molecule has 8 nitrogen and oxygen atoms in total. The molecule has 1 aromatic heterocycles. The standard InChI is InChI=1S/C20H21BrN4O4S2/c1-14-2-4-15(5-3-14)25-18(26)8-6-16(22-25)20(27)23-10-12-24(13-11-23)31(28,29)19-9-7-17(21)30-19/h2-5,7,9H,6,8,10-13H2,1H3. The summed E-state index contributed by atoms with van der Waals surface area (Å²) >= 11 is 4.46. The van der Waals surface area contributed by atoms with Crippen LogP contribution in [-0.4, -0.2) is 61.3 Å². The van der Waals surface area contributed by atoms with Crippen LogP contribution in [0.5, 0.6) is 0 Å². The van der Waals surface area contributed by atoms with E-state index >= 15 is 0 Å².